The zero-order valence-electron chi connectivity index (χ0n) is 15.6. The van der Waals surface area contributed by atoms with Gasteiger partial charge in [0.15, 0.2) is 0 Å². The first-order valence-electron chi connectivity index (χ1n) is 8.83. The van der Waals surface area contributed by atoms with Crippen LogP contribution in [0.15, 0.2) is 18.2 Å². The van der Waals surface area contributed by atoms with Gasteiger partial charge in [-0.25, -0.2) is 4.79 Å². The summed E-state index contributed by atoms with van der Waals surface area (Å²) in [5, 5.41) is 5.58. The van der Waals surface area contributed by atoms with Gasteiger partial charge < -0.3 is 10.1 Å². The van der Waals surface area contributed by atoms with E-state index in [1.54, 1.807) is 0 Å². The van der Waals surface area contributed by atoms with Gasteiger partial charge in [0.25, 0.3) is 11.8 Å². The summed E-state index contributed by atoms with van der Waals surface area (Å²) >= 11 is 1.41. The van der Waals surface area contributed by atoms with Crippen molar-refractivity contribution >= 4 is 34.2 Å². The Hall–Kier alpha value is -2.67. The second-order valence-electron chi connectivity index (χ2n) is 6.63. The van der Waals surface area contributed by atoms with Crippen LogP contribution < -0.4 is 10.6 Å². The number of nitrogens with one attached hydrogen (secondary N) is 2. The van der Waals surface area contributed by atoms with Crippen LogP contribution in [0.25, 0.3) is 0 Å². The maximum atomic E-state index is 12.8. The van der Waals surface area contributed by atoms with Gasteiger partial charge >= 0.3 is 6.09 Å². The van der Waals surface area contributed by atoms with E-state index in [4.69, 9.17) is 0 Å². The number of hydrogen-bond acceptors (Lipinski definition) is 5. The lowest BCUT2D eigenvalue weighted by molar-refractivity contribution is 0.0937. The molecule has 1 aromatic heterocycles. The van der Waals surface area contributed by atoms with E-state index in [0.717, 1.165) is 47.3 Å². The number of hydrogen-bond donors (Lipinski definition) is 2. The number of benzene rings is 1. The van der Waals surface area contributed by atoms with Crippen molar-refractivity contribution in [3.8, 4) is 0 Å². The fourth-order valence-electron chi connectivity index (χ4n) is 3.25. The normalized spacial score (nSPS) is 12.9. The van der Waals surface area contributed by atoms with Crippen LogP contribution >= 0.6 is 11.3 Å². The minimum absolute atomic E-state index is 0.262. The predicted octanol–water partition coefficient (Wildman–Crippen LogP) is 3.99. The van der Waals surface area contributed by atoms with Crippen molar-refractivity contribution in [2.45, 2.75) is 39.5 Å². The van der Waals surface area contributed by atoms with E-state index in [1.165, 1.54) is 18.4 Å². The largest absolute Gasteiger partial charge is 0.453 e. The van der Waals surface area contributed by atoms with E-state index in [-0.39, 0.29) is 5.91 Å². The van der Waals surface area contributed by atoms with E-state index in [9.17, 15) is 14.4 Å². The number of thiophene rings is 1. The number of ether oxygens (including phenoxy) is 1. The maximum Gasteiger partial charge on any atom is 0.413 e. The Kier molecular flexibility index (Phi) is 5.60. The number of carbonyl (C=O) groups excluding carboxylic acids is 3. The fourth-order valence-corrected chi connectivity index (χ4v) is 4.53. The molecule has 1 aromatic carbocycles. The number of amides is 3. The molecule has 27 heavy (non-hydrogen) atoms. The minimum Gasteiger partial charge on any atom is -0.453 e. The van der Waals surface area contributed by atoms with Crippen LogP contribution in [0, 0.1) is 13.8 Å². The molecule has 1 heterocycles. The first kappa shape index (κ1) is 19.1. The number of methoxy groups -OCH3 is 1. The lowest BCUT2D eigenvalue weighted by Crippen LogP contribution is -2.31. The number of alkyl carbamates (subject to hydrolysis) is 1. The van der Waals surface area contributed by atoms with E-state index < -0.39 is 12.0 Å². The molecule has 6 nitrogen and oxygen atoms in total. The molecule has 3 amide bonds. The van der Waals surface area contributed by atoms with Crippen molar-refractivity contribution < 1.29 is 19.1 Å². The second kappa shape index (κ2) is 7.92. The molecule has 0 atom stereocenters. The molecule has 3 rings (SSSR count). The SMILES string of the molecule is COC(=O)NC(=O)c1c(NC(=O)c2cc(C)ccc2C)sc2c1CCCC2. The monoisotopic (exact) mass is 386 g/mol. The molecule has 7 heteroatoms. The Morgan fingerprint density at radius 3 is 2.56 bits per heavy atom. The van der Waals surface area contributed by atoms with E-state index in [2.05, 4.69) is 15.4 Å². The molecule has 0 aliphatic heterocycles. The number of fused-ring (bicyclic) bond motifs is 1. The zero-order chi connectivity index (χ0) is 19.6. The third-order valence-corrected chi connectivity index (χ3v) is 5.87. The minimum atomic E-state index is -0.817. The van der Waals surface area contributed by atoms with Gasteiger partial charge in [0.2, 0.25) is 0 Å². The molecular weight excluding hydrogens is 364 g/mol. The summed E-state index contributed by atoms with van der Waals surface area (Å²) in [6.07, 6.45) is 2.85. The number of rotatable bonds is 3. The van der Waals surface area contributed by atoms with Gasteiger partial charge in [-0.2, -0.15) is 0 Å². The third-order valence-electron chi connectivity index (χ3n) is 4.66. The molecule has 0 fully saturated rings. The molecule has 2 aromatic rings. The summed E-state index contributed by atoms with van der Waals surface area (Å²) < 4.78 is 4.53. The summed E-state index contributed by atoms with van der Waals surface area (Å²) in [6.45, 7) is 3.80. The molecule has 0 saturated carbocycles. The summed E-state index contributed by atoms with van der Waals surface area (Å²) in [6, 6.07) is 5.67. The lowest BCUT2D eigenvalue weighted by atomic mass is 9.95. The first-order chi connectivity index (χ1) is 12.9. The lowest BCUT2D eigenvalue weighted by Gasteiger charge is -2.13. The van der Waals surface area contributed by atoms with Crippen LogP contribution in [-0.2, 0) is 17.6 Å². The van der Waals surface area contributed by atoms with Gasteiger partial charge in [0.05, 0.1) is 12.7 Å². The average molecular weight is 386 g/mol. The van der Waals surface area contributed by atoms with Crippen LogP contribution in [0.3, 0.4) is 0 Å². The van der Waals surface area contributed by atoms with Gasteiger partial charge in [-0.15, -0.1) is 11.3 Å². The Labute approximate surface area is 161 Å². The summed E-state index contributed by atoms with van der Waals surface area (Å²) in [5.74, 6) is -0.806. The Morgan fingerprint density at radius 1 is 1.07 bits per heavy atom. The van der Waals surface area contributed by atoms with Crippen molar-refractivity contribution in [2.24, 2.45) is 0 Å². The highest BCUT2D eigenvalue weighted by Crippen LogP contribution is 2.38. The molecule has 0 radical (unpaired) electrons. The predicted molar refractivity (Wildman–Crippen MR) is 105 cm³/mol. The van der Waals surface area contributed by atoms with Gasteiger partial charge in [0.1, 0.15) is 5.00 Å². The van der Waals surface area contributed by atoms with Gasteiger partial charge in [-0.05, 0) is 56.7 Å². The molecule has 0 saturated heterocycles. The zero-order valence-corrected chi connectivity index (χ0v) is 16.4. The number of carbonyl (C=O) groups is 3. The van der Waals surface area contributed by atoms with E-state index in [1.807, 2.05) is 32.0 Å². The summed E-state index contributed by atoms with van der Waals surface area (Å²) in [4.78, 5) is 38.1. The van der Waals surface area contributed by atoms with Gasteiger partial charge in [-0.1, -0.05) is 17.7 Å². The van der Waals surface area contributed by atoms with Crippen LogP contribution in [0.4, 0.5) is 9.80 Å². The van der Waals surface area contributed by atoms with Crippen molar-refractivity contribution in [3.63, 3.8) is 0 Å². The van der Waals surface area contributed by atoms with Crippen molar-refractivity contribution in [3.05, 3.63) is 50.9 Å². The van der Waals surface area contributed by atoms with Crippen LogP contribution in [0.2, 0.25) is 0 Å². The molecule has 2 N–H and O–H groups in total. The van der Waals surface area contributed by atoms with Gasteiger partial charge in [0, 0.05) is 10.4 Å². The second-order valence-corrected chi connectivity index (χ2v) is 7.74. The van der Waals surface area contributed by atoms with Crippen LogP contribution in [0.1, 0.15) is 55.1 Å². The fraction of sp³-hybridized carbons (Fsp3) is 0.350. The Bertz CT molecular complexity index is 917. The number of imide groups is 1. The van der Waals surface area contributed by atoms with Crippen molar-refractivity contribution in [1.82, 2.24) is 5.32 Å². The van der Waals surface area contributed by atoms with E-state index in [0.29, 0.717) is 16.1 Å². The summed E-state index contributed by atoms with van der Waals surface area (Å²) in [5.41, 5.74) is 3.71. The van der Waals surface area contributed by atoms with Crippen molar-refractivity contribution in [2.75, 3.05) is 12.4 Å². The number of anilines is 1. The quantitative estimate of drug-likeness (QED) is 0.835. The van der Waals surface area contributed by atoms with Crippen LogP contribution in [-0.4, -0.2) is 25.0 Å². The molecular formula is C20H22N2O4S. The number of aryl methyl sites for hydroxylation is 3. The standard InChI is InChI=1S/C20H22N2O4S/c1-11-8-9-12(2)14(10-11)17(23)21-19-16(18(24)22-20(25)26-3)13-6-4-5-7-15(13)27-19/h8-10H,4-7H2,1-3H3,(H,21,23)(H,22,24,25). The van der Waals surface area contributed by atoms with E-state index >= 15 is 0 Å². The molecule has 0 unspecified atom stereocenters. The highest BCUT2D eigenvalue weighted by Gasteiger charge is 2.27. The topological polar surface area (TPSA) is 84.5 Å². The molecule has 0 spiro atoms. The first-order valence-corrected chi connectivity index (χ1v) is 9.64. The highest BCUT2D eigenvalue weighted by molar-refractivity contribution is 7.17. The Balaban J connectivity index is 1.96. The van der Waals surface area contributed by atoms with Crippen LogP contribution in [0.5, 0.6) is 0 Å². The third kappa shape index (κ3) is 4.03. The molecule has 142 valence electrons. The van der Waals surface area contributed by atoms with Gasteiger partial charge in [-0.3, -0.25) is 14.9 Å². The average Bonchev–Trinajstić information content (AvgIpc) is 3.01. The molecule has 0 bridgehead atoms. The van der Waals surface area contributed by atoms with Crippen molar-refractivity contribution in [1.29, 1.82) is 0 Å². The Morgan fingerprint density at radius 2 is 1.81 bits per heavy atom. The highest BCUT2D eigenvalue weighted by atomic mass is 32.1. The summed E-state index contributed by atoms with van der Waals surface area (Å²) in [7, 11) is 1.20. The molecule has 1 aliphatic carbocycles. The smallest absolute Gasteiger partial charge is 0.413 e. The maximum absolute atomic E-state index is 12.8. The molecule has 1 aliphatic rings.